The minimum Gasteiger partial charge on any atom is -0.494 e. The zero-order valence-electron chi connectivity index (χ0n) is 25.8. The molecule has 36 heavy (non-hydrogen) atoms. The molecule has 2 nitrogen and oxygen atoms in total. The summed E-state index contributed by atoms with van der Waals surface area (Å²) in [7, 11) is 0. The molecular formula is C33H60O2S. The Morgan fingerprint density at radius 3 is 2.25 bits per heavy atom. The van der Waals surface area contributed by atoms with Crippen LogP contribution in [0.4, 0.5) is 0 Å². The van der Waals surface area contributed by atoms with E-state index in [1.54, 1.807) is 5.56 Å². The van der Waals surface area contributed by atoms with E-state index in [4.69, 9.17) is 4.74 Å². The molecule has 2 saturated carbocycles. The number of thioether (sulfide) groups is 1. The van der Waals surface area contributed by atoms with E-state index in [0.29, 0.717) is 40.1 Å². The summed E-state index contributed by atoms with van der Waals surface area (Å²) in [5.41, 5.74) is 3.00. The Morgan fingerprint density at radius 2 is 1.72 bits per heavy atom. The monoisotopic (exact) mass is 520 g/mol. The van der Waals surface area contributed by atoms with Gasteiger partial charge in [-0.3, -0.25) is 4.79 Å². The fraction of sp³-hybridized carbons (Fsp3) is 0.788. The maximum absolute atomic E-state index is 12.8. The van der Waals surface area contributed by atoms with Crippen molar-refractivity contribution in [3.8, 4) is 5.75 Å². The van der Waals surface area contributed by atoms with E-state index in [2.05, 4.69) is 72.9 Å². The zero-order chi connectivity index (χ0) is 27.7. The highest BCUT2D eigenvalue weighted by Gasteiger charge is 2.59. The Labute approximate surface area is 230 Å². The summed E-state index contributed by atoms with van der Waals surface area (Å²) >= 11 is 1.88. The van der Waals surface area contributed by atoms with E-state index in [-0.39, 0.29) is 6.84 Å². The Hall–Kier alpha value is -0.960. The van der Waals surface area contributed by atoms with Gasteiger partial charge in [-0.15, -0.1) is 0 Å². The molecule has 1 unspecified atom stereocenters. The van der Waals surface area contributed by atoms with Crippen LogP contribution in [0.25, 0.3) is 0 Å². The zero-order valence-corrected chi connectivity index (χ0v) is 26.6. The van der Waals surface area contributed by atoms with E-state index in [1.165, 1.54) is 18.4 Å². The molecular weight excluding hydrogens is 460 g/mol. The average Bonchev–Trinajstić information content (AvgIpc) is 3.11. The lowest BCUT2D eigenvalue weighted by Crippen LogP contribution is -2.47. The topological polar surface area (TPSA) is 26.3 Å². The number of carbonyl (C=O) groups is 1. The van der Waals surface area contributed by atoms with Gasteiger partial charge in [-0.2, -0.15) is 11.8 Å². The molecule has 3 aliphatic rings. The number of ketones is 1. The lowest BCUT2D eigenvalue weighted by Gasteiger charge is -2.52. The molecule has 0 N–H and O–H groups in total. The number of hydrogen-bond donors (Lipinski definition) is 0. The van der Waals surface area contributed by atoms with Gasteiger partial charge < -0.3 is 4.74 Å². The maximum Gasteiger partial charge on any atom is 0.139 e. The normalized spacial score (nSPS) is 30.1. The number of Topliss-reactive ketones (excluding diaryl/α,β-unsaturated/α-hetero) is 1. The summed E-state index contributed by atoms with van der Waals surface area (Å²) in [4.78, 5) is 12.8. The Balaban J connectivity index is 0.00000103. The van der Waals surface area contributed by atoms with Crippen LogP contribution < -0.4 is 4.74 Å². The van der Waals surface area contributed by atoms with Crippen molar-refractivity contribution >= 4 is 17.5 Å². The van der Waals surface area contributed by atoms with Crippen molar-refractivity contribution in [3.63, 3.8) is 0 Å². The van der Waals surface area contributed by atoms with Gasteiger partial charge in [-0.05, 0) is 84.8 Å². The fourth-order valence-electron chi connectivity index (χ4n) is 6.72. The third-order valence-corrected chi connectivity index (χ3v) is 9.72. The van der Waals surface area contributed by atoms with Crippen LogP contribution in [0.2, 0.25) is 0 Å². The Bertz CT molecular complexity index is 802. The fourth-order valence-corrected chi connectivity index (χ4v) is 6.72. The van der Waals surface area contributed by atoms with Crippen molar-refractivity contribution in [2.45, 2.75) is 125 Å². The molecule has 6 atom stereocenters. The van der Waals surface area contributed by atoms with Crippen LogP contribution in [0.5, 0.6) is 5.75 Å². The third kappa shape index (κ3) is 7.55. The highest BCUT2D eigenvalue weighted by atomic mass is 32.2. The minimum absolute atomic E-state index is 0. The lowest BCUT2D eigenvalue weighted by molar-refractivity contribution is -0.130. The first-order valence-corrected chi connectivity index (χ1v) is 16.1. The highest BCUT2D eigenvalue weighted by Crippen LogP contribution is 2.63. The number of hydrogen-bond acceptors (Lipinski definition) is 3. The first kappa shape index (κ1) is 33.1. The molecule has 0 saturated heterocycles. The highest BCUT2D eigenvalue weighted by molar-refractivity contribution is 7.99. The van der Waals surface area contributed by atoms with Crippen molar-refractivity contribution in [3.05, 3.63) is 29.3 Å². The Morgan fingerprint density at radius 1 is 1.11 bits per heavy atom. The summed E-state index contributed by atoms with van der Waals surface area (Å²) in [6.45, 7) is 24.5. The number of carbonyl (C=O) groups excluding carboxylic acids is 1. The summed E-state index contributed by atoms with van der Waals surface area (Å²) < 4.78 is 6.36. The SMILES string of the molecule is CC.CC.CCCOc1ccc2c(c1)C[C@@H](CC)[C@H]1C3[C@H](C)CC(=O)[C@@]3(C)CC[C@H]21.CSC(C)(C)C.[HH]. The van der Waals surface area contributed by atoms with Gasteiger partial charge in [-0.25, -0.2) is 0 Å². The lowest BCUT2D eigenvalue weighted by atomic mass is 9.51. The van der Waals surface area contributed by atoms with Crippen molar-refractivity contribution in [2.24, 2.45) is 29.1 Å². The Kier molecular flexibility index (Phi) is 13.6. The van der Waals surface area contributed by atoms with Crippen molar-refractivity contribution in [1.29, 1.82) is 0 Å². The van der Waals surface area contributed by atoms with Crippen LogP contribution in [-0.4, -0.2) is 23.4 Å². The van der Waals surface area contributed by atoms with Crippen LogP contribution in [0.3, 0.4) is 0 Å². The van der Waals surface area contributed by atoms with Gasteiger partial charge in [0.15, 0.2) is 0 Å². The molecule has 0 aromatic heterocycles. The maximum atomic E-state index is 12.8. The second-order valence-corrected chi connectivity index (χ2v) is 13.3. The predicted octanol–water partition coefficient (Wildman–Crippen LogP) is 10.2. The van der Waals surface area contributed by atoms with Crippen LogP contribution in [0.1, 0.15) is 127 Å². The van der Waals surface area contributed by atoms with Gasteiger partial charge >= 0.3 is 0 Å². The van der Waals surface area contributed by atoms with Crippen molar-refractivity contribution < 1.29 is 11.0 Å². The standard InChI is InChI=1S/C24H34O2.C5H12S.2C2H6.H2/c1-5-11-26-18-7-8-19-17(14-18)13-16(6-2)22-20(19)9-10-24(4)21(25)12-15(3)23(22)24;1-5(2,3)6-4;2*1-2;/h7-8,14-16,20,22-23H,5-6,9-13H2,1-4H3;1-4H3;2*1-2H3;1H/t15-,16-,20-,22-,23?,24-;;;;/m1..../s1. The van der Waals surface area contributed by atoms with Gasteiger partial charge in [-0.1, -0.05) is 88.6 Å². The first-order chi connectivity index (χ1) is 17.1. The van der Waals surface area contributed by atoms with E-state index in [9.17, 15) is 4.79 Å². The third-order valence-electron chi connectivity index (χ3n) is 8.50. The average molecular weight is 521 g/mol. The predicted molar refractivity (Wildman–Crippen MR) is 164 cm³/mol. The van der Waals surface area contributed by atoms with Crippen molar-refractivity contribution in [1.82, 2.24) is 0 Å². The quantitative estimate of drug-likeness (QED) is 0.395. The van der Waals surface area contributed by atoms with E-state index < -0.39 is 0 Å². The minimum atomic E-state index is -0.0598. The molecule has 0 bridgehead atoms. The number of benzene rings is 1. The molecule has 1 aromatic rings. The molecule has 0 spiro atoms. The van der Waals surface area contributed by atoms with Gasteiger partial charge in [0.05, 0.1) is 6.61 Å². The van der Waals surface area contributed by atoms with Crippen LogP contribution >= 0.6 is 11.8 Å². The van der Waals surface area contributed by atoms with Crippen molar-refractivity contribution in [2.75, 3.05) is 12.9 Å². The number of ether oxygens (including phenoxy) is 1. The van der Waals surface area contributed by atoms with E-state index in [0.717, 1.165) is 38.0 Å². The summed E-state index contributed by atoms with van der Waals surface area (Å²) in [6.07, 6.45) is 8.60. The molecule has 3 heteroatoms. The molecule has 0 aliphatic heterocycles. The summed E-state index contributed by atoms with van der Waals surface area (Å²) in [5.74, 6) is 4.70. The second kappa shape index (κ2) is 14.8. The molecule has 0 radical (unpaired) electrons. The summed E-state index contributed by atoms with van der Waals surface area (Å²) in [5, 5.41) is 0. The largest absolute Gasteiger partial charge is 0.494 e. The van der Waals surface area contributed by atoms with Gasteiger partial charge in [0.25, 0.3) is 0 Å². The van der Waals surface area contributed by atoms with Gasteiger partial charge in [0.2, 0.25) is 0 Å². The van der Waals surface area contributed by atoms with E-state index in [1.807, 2.05) is 39.5 Å². The number of fused-ring (bicyclic) bond motifs is 5. The van der Waals surface area contributed by atoms with Crippen LogP contribution in [0.15, 0.2) is 18.2 Å². The molecule has 2 fully saturated rings. The van der Waals surface area contributed by atoms with Gasteiger partial charge in [0.1, 0.15) is 11.5 Å². The van der Waals surface area contributed by atoms with Crippen LogP contribution in [-0.2, 0) is 11.2 Å². The molecule has 4 rings (SSSR count). The molecule has 210 valence electrons. The molecule has 0 heterocycles. The molecule has 0 amide bonds. The second-order valence-electron chi connectivity index (χ2n) is 11.7. The molecule has 1 aromatic carbocycles. The molecule has 3 aliphatic carbocycles. The van der Waals surface area contributed by atoms with Gasteiger partial charge in [0, 0.05) is 18.0 Å². The van der Waals surface area contributed by atoms with E-state index >= 15 is 0 Å². The first-order valence-electron chi connectivity index (χ1n) is 14.9. The number of rotatable bonds is 4. The van der Waals surface area contributed by atoms with Crippen LogP contribution in [0, 0.1) is 29.1 Å². The smallest absolute Gasteiger partial charge is 0.139 e. The summed E-state index contributed by atoms with van der Waals surface area (Å²) in [6, 6.07) is 6.82.